The highest BCUT2D eigenvalue weighted by atomic mass is 79.9. The first-order valence-electron chi connectivity index (χ1n) is 7.51. The van der Waals surface area contributed by atoms with Crippen molar-refractivity contribution in [2.75, 3.05) is 13.7 Å². The van der Waals surface area contributed by atoms with E-state index in [1.807, 2.05) is 30.3 Å². The average molecular weight is 376 g/mol. The molecule has 0 aliphatic heterocycles. The van der Waals surface area contributed by atoms with E-state index in [9.17, 15) is 0 Å². The molecule has 0 atom stereocenters. The minimum absolute atomic E-state index is 0.517. The highest BCUT2D eigenvalue weighted by molar-refractivity contribution is 9.10. The standard InChI is InChI=1S/C19H22BrNO2/c1-4-9-21-12-16-10-18(22-3)19(11-17(16)20)23-13-15-8-6-5-7-14(15)2/h4-8,10-11,21H,1,9,12-13H2,2-3H3. The van der Waals surface area contributed by atoms with Gasteiger partial charge < -0.3 is 14.8 Å². The van der Waals surface area contributed by atoms with Crippen molar-refractivity contribution in [3.63, 3.8) is 0 Å². The topological polar surface area (TPSA) is 30.5 Å². The summed E-state index contributed by atoms with van der Waals surface area (Å²) in [5, 5.41) is 3.28. The number of rotatable bonds is 8. The summed E-state index contributed by atoms with van der Waals surface area (Å²) in [5.74, 6) is 1.47. The van der Waals surface area contributed by atoms with E-state index in [1.54, 1.807) is 7.11 Å². The summed E-state index contributed by atoms with van der Waals surface area (Å²) >= 11 is 3.60. The molecule has 3 nitrogen and oxygen atoms in total. The smallest absolute Gasteiger partial charge is 0.162 e. The van der Waals surface area contributed by atoms with Crippen LogP contribution >= 0.6 is 15.9 Å². The molecule has 0 amide bonds. The van der Waals surface area contributed by atoms with Crippen LogP contribution in [0.1, 0.15) is 16.7 Å². The summed E-state index contributed by atoms with van der Waals surface area (Å²) in [4.78, 5) is 0. The molecular formula is C19H22BrNO2. The molecule has 2 aromatic carbocycles. The summed E-state index contributed by atoms with van der Waals surface area (Å²) in [6.45, 7) is 7.81. The van der Waals surface area contributed by atoms with Gasteiger partial charge in [0, 0.05) is 17.6 Å². The lowest BCUT2D eigenvalue weighted by Gasteiger charge is -2.15. The molecular weight excluding hydrogens is 354 g/mol. The van der Waals surface area contributed by atoms with Gasteiger partial charge in [-0.25, -0.2) is 0 Å². The molecule has 0 radical (unpaired) electrons. The maximum Gasteiger partial charge on any atom is 0.162 e. The van der Waals surface area contributed by atoms with Crippen molar-refractivity contribution in [2.24, 2.45) is 0 Å². The maximum atomic E-state index is 5.96. The predicted octanol–water partition coefficient (Wildman–Crippen LogP) is 4.62. The molecule has 0 unspecified atom stereocenters. The first kappa shape index (κ1) is 17.6. The normalized spacial score (nSPS) is 10.4. The SMILES string of the molecule is C=CCNCc1cc(OC)c(OCc2ccccc2C)cc1Br. The van der Waals surface area contributed by atoms with Crippen molar-refractivity contribution in [1.29, 1.82) is 0 Å². The number of halogens is 1. The average Bonchev–Trinajstić information content (AvgIpc) is 2.56. The van der Waals surface area contributed by atoms with E-state index in [1.165, 1.54) is 11.1 Å². The Balaban J connectivity index is 2.13. The van der Waals surface area contributed by atoms with Gasteiger partial charge in [0.1, 0.15) is 6.61 Å². The van der Waals surface area contributed by atoms with Crippen LogP contribution in [0, 0.1) is 6.92 Å². The fourth-order valence-corrected chi connectivity index (χ4v) is 2.68. The Bertz CT molecular complexity index is 670. The molecule has 0 spiro atoms. The Morgan fingerprint density at radius 2 is 1.96 bits per heavy atom. The zero-order valence-electron chi connectivity index (χ0n) is 13.6. The van der Waals surface area contributed by atoms with E-state index in [2.05, 4.69) is 46.9 Å². The highest BCUT2D eigenvalue weighted by Gasteiger charge is 2.11. The minimum atomic E-state index is 0.517. The van der Waals surface area contributed by atoms with Crippen molar-refractivity contribution in [1.82, 2.24) is 5.32 Å². The van der Waals surface area contributed by atoms with Gasteiger partial charge in [0.2, 0.25) is 0 Å². The zero-order chi connectivity index (χ0) is 16.7. The molecule has 23 heavy (non-hydrogen) atoms. The van der Waals surface area contributed by atoms with Crippen molar-refractivity contribution in [3.8, 4) is 11.5 Å². The van der Waals surface area contributed by atoms with Gasteiger partial charge >= 0.3 is 0 Å². The van der Waals surface area contributed by atoms with E-state index < -0.39 is 0 Å². The monoisotopic (exact) mass is 375 g/mol. The van der Waals surface area contributed by atoms with E-state index in [0.717, 1.165) is 34.6 Å². The third-order valence-corrected chi connectivity index (χ3v) is 4.32. The van der Waals surface area contributed by atoms with Crippen LogP contribution in [-0.2, 0) is 13.2 Å². The largest absolute Gasteiger partial charge is 0.493 e. The van der Waals surface area contributed by atoms with Crippen molar-refractivity contribution in [3.05, 3.63) is 70.2 Å². The van der Waals surface area contributed by atoms with Crippen molar-refractivity contribution >= 4 is 15.9 Å². The molecule has 0 saturated heterocycles. The Hall–Kier alpha value is -1.78. The lowest BCUT2D eigenvalue weighted by atomic mass is 10.1. The van der Waals surface area contributed by atoms with Crippen molar-refractivity contribution < 1.29 is 9.47 Å². The number of hydrogen-bond acceptors (Lipinski definition) is 3. The van der Waals surface area contributed by atoms with E-state index in [4.69, 9.17) is 9.47 Å². The summed E-state index contributed by atoms with van der Waals surface area (Å²) in [5.41, 5.74) is 3.50. The number of methoxy groups -OCH3 is 1. The van der Waals surface area contributed by atoms with Crippen molar-refractivity contribution in [2.45, 2.75) is 20.1 Å². The van der Waals surface area contributed by atoms with Gasteiger partial charge in [-0.1, -0.05) is 46.3 Å². The molecule has 2 aromatic rings. The van der Waals surface area contributed by atoms with Crippen LogP contribution in [0.25, 0.3) is 0 Å². The molecule has 0 fully saturated rings. The summed E-state index contributed by atoms with van der Waals surface area (Å²) in [7, 11) is 1.66. The van der Waals surface area contributed by atoms with Gasteiger partial charge in [-0.3, -0.25) is 0 Å². The second-order valence-electron chi connectivity index (χ2n) is 5.23. The zero-order valence-corrected chi connectivity index (χ0v) is 15.2. The number of nitrogens with one attached hydrogen (secondary N) is 1. The van der Waals surface area contributed by atoms with Gasteiger partial charge in [0.05, 0.1) is 7.11 Å². The molecule has 122 valence electrons. The fourth-order valence-electron chi connectivity index (χ4n) is 2.22. The summed E-state index contributed by atoms with van der Waals surface area (Å²) in [6.07, 6.45) is 1.84. The molecule has 0 saturated carbocycles. The lowest BCUT2D eigenvalue weighted by molar-refractivity contribution is 0.283. The van der Waals surface area contributed by atoms with Gasteiger partial charge in [-0.15, -0.1) is 6.58 Å². The quantitative estimate of drug-likeness (QED) is 0.539. The number of hydrogen-bond donors (Lipinski definition) is 1. The summed E-state index contributed by atoms with van der Waals surface area (Å²) in [6, 6.07) is 12.2. The first-order valence-corrected chi connectivity index (χ1v) is 8.30. The lowest BCUT2D eigenvalue weighted by Crippen LogP contribution is -2.13. The number of ether oxygens (including phenoxy) is 2. The second kappa shape index (κ2) is 8.75. The van der Waals surface area contributed by atoms with Crippen LogP contribution in [0.4, 0.5) is 0 Å². The third kappa shape index (κ3) is 4.85. The molecule has 1 N–H and O–H groups in total. The molecule has 2 rings (SSSR count). The van der Waals surface area contributed by atoms with Crippen LogP contribution in [0.5, 0.6) is 11.5 Å². The molecule has 0 bridgehead atoms. The van der Waals surface area contributed by atoms with E-state index >= 15 is 0 Å². The van der Waals surface area contributed by atoms with Gasteiger partial charge in [-0.05, 0) is 35.7 Å². The second-order valence-corrected chi connectivity index (χ2v) is 6.08. The van der Waals surface area contributed by atoms with Gasteiger partial charge in [0.15, 0.2) is 11.5 Å². The van der Waals surface area contributed by atoms with Crippen LogP contribution < -0.4 is 14.8 Å². The van der Waals surface area contributed by atoms with Crippen LogP contribution in [0.2, 0.25) is 0 Å². The Kier molecular flexibility index (Phi) is 6.68. The van der Waals surface area contributed by atoms with Crippen LogP contribution in [-0.4, -0.2) is 13.7 Å². The molecule has 4 heteroatoms. The minimum Gasteiger partial charge on any atom is -0.493 e. The maximum absolute atomic E-state index is 5.96. The molecule has 0 aliphatic carbocycles. The Morgan fingerprint density at radius 3 is 2.65 bits per heavy atom. The summed E-state index contributed by atoms with van der Waals surface area (Å²) < 4.78 is 12.4. The first-order chi connectivity index (χ1) is 11.2. The molecule has 0 aliphatic rings. The van der Waals surface area contributed by atoms with Gasteiger partial charge in [0.25, 0.3) is 0 Å². The Morgan fingerprint density at radius 1 is 1.17 bits per heavy atom. The van der Waals surface area contributed by atoms with E-state index in [0.29, 0.717) is 6.61 Å². The van der Waals surface area contributed by atoms with Crippen LogP contribution in [0.15, 0.2) is 53.5 Å². The molecule has 0 aromatic heterocycles. The number of benzene rings is 2. The Labute approximate surface area is 146 Å². The van der Waals surface area contributed by atoms with Crippen LogP contribution in [0.3, 0.4) is 0 Å². The number of aryl methyl sites for hydroxylation is 1. The van der Waals surface area contributed by atoms with Gasteiger partial charge in [-0.2, -0.15) is 0 Å². The fraction of sp³-hybridized carbons (Fsp3) is 0.263. The van der Waals surface area contributed by atoms with E-state index in [-0.39, 0.29) is 0 Å². The third-order valence-electron chi connectivity index (χ3n) is 3.58. The predicted molar refractivity (Wildman–Crippen MR) is 98.1 cm³/mol. The highest BCUT2D eigenvalue weighted by Crippen LogP contribution is 2.34. The molecule has 0 heterocycles.